The number of ether oxygens (including phenoxy) is 1. The van der Waals surface area contributed by atoms with Crippen molar-refractivity contribution >= 4 is 15.9 Å². The molecule has 1 aliphatic rings. The maximum atomic E-state index is 12.6. The summed E-state index contributed by atoms with van der Waals surface area (Å²) in [5.41, 5.74) is 0.597. The van der Waals surface area contributed by atoms with Crippen molar-refractivity contribution in [2.45, 2.75) is 6.04 Å². The zero-order valence-corrected chi connectivity index (χ0v) is 12.4. The van der Waals surface area contributed by atoms with Gasteiger partial charge >= 0.3 is 0 Å². The van der Waals surface area contributed by atoms with Crippen molar-refractivity contribution in [1.82, 2.24) is 9.62 Å². The van der Waals surface area contributed by atoms with Gasteiger partial charge in [-0.2, -0.15) is 4.72 Å². The highest BCUT2D eigenvalue weighted by atomic mass is 32.2. The Morgan fingerprint density at radius 1 is 1.29 bits per heavy atom. The summed E-state index contributed by atoms with van der Waals surface area (Å²) >= 11 is 0. The van der Waals surface area contributed by atoms with Crippen molar-refractivity contribution in [3.05, 3.63) is 47.9 Å². The monoisotopic (exact) mass is 310 g/mol. The number of amides is 1. The molecular formula is C14H18N2O4S. The van der Waals surface area contributed by atoms with Gasteiger partial charge in [0.1, 0.15) is 6.04 Å². The molecule has 7 heteroatoms. The first kappa shape index (κ1) is 15.7. The molecule has 0 aliphatic carbocycles. The number of rotatable bonds is 5. The third-order valence-electron chi connectivity index (χ3n) is 3.20. The number of nitrogens with zero attached hydrogens (tertiary/aromatic N) is 1. The largest absolute Gasteiger partial charge is 0.378 e. The van der Waals surface area contributed by atoms with Crippen molar-refractivity contribution in [2.24, 2.45) is 0 Å². The van der Waals surface area contributed by atoms with Gasteiger partial charge in [0.2, 0.25) is 15.9 Å². The Morgan fingerprint density at radius 2 is 1.90 bits per heavy atom. The molecule has 1 aromatic rings. The van der Waals surface area contributed by atoms with Crippen LogP contribution in [0.15, 0.2) is 42.3 Å². The molecule has 0 radical (unpaired) electrons. The van der Waals surface area contributed by atoms with Gasteiger partial charge < -0.3 is 9.64 Å². The maximum absolute atomic E-state index is 12.6. The second-order valence-corrected chi connectivity index (χ2v) is 6.27. The molecule has 1 heterocycles. The quantitative estimate of drug-likeness (QED) is 0.866. The molecule has 1 aromatic carbocycles. The first-order valence-corrected chi connectivity index (χ1v) is 8.14. The molecule has 1 aliphatic heterocycles. The Labute approximate surface area is 124 Å². The molecule has 1 N–H and O–H groups in total. The Hall–Kier alpha value is -1.70. The van der Waals surface area contributed by atoms with Gasteiger partial charge in [0, 0.05) is 18.5 Å². The minimum atomic E-state index is -3.72. The van der Waals surface area contributed by atoms with E-state index in [1.165, 1.54) is 0 Å². The van der Waals surface area contributed by atoms with Crippen molar-refractivity contribution in [2.75, 3.05) is 26.3 Å². The van der Waals surface area contributed by atoms with Gasteiger partial charge in [-0.3, -0.25) is 4.79 Å². The predicted molar refractivity (Wildman–Crippen MR) is 78.8 cm³/mol. The molecule has 0 unspecified atom stereocenters. The topological polar surface area (TPSA) is 75.7 Å². The third-order valence-corrected chi connectivity index (χ3v) is 4.21. The van der Waals surface area contributed by atoms with E-state index < -0.39 is 16.1 Å². The SMILES string of the molecule is C=CS(=O)(=O)N[C@H](C(=O)N1CCOCC1)c1ccccc1. The van der Waals surface area contributed by atoms with Crippen LogP contribution in [0.5, 0.6) is 0 Å². The Balaban J connectivity index is 2.27. The fourth-order valence-electron chi connectivity index (χ4n) is 2.09. The standard InChI is InChI=1S/C14H18N2O4S/c1-2-21(18,19)15-13(12-6-4-3-5-7-12)14(17)16-8-10-20-11-9-16/h2-7,13,15H,1,8-11H2/t13-/m0/s1. The van der Waals surface area contributed by atoms with E-state index in [1.54, 1.807) is 29.2 Å². The van der Waals surface area contributed by atoms with E-state index in [-0.39, 0.29) is 5.91 Å². The lowest BCUT2D eigenvalue weighted by Crippen LogP contribution is -2.47. The van der Waals surface area contributed by atoms with Crippen molar-refractivity contribution in [3.63, 3.8) is 0 Å². The first-order valence-electron chi connectivity index (χ1n) is 6.60. The molecule has 0 spiro atoms. The van der Waals surface area contributed by atoms with Crippen LogP contribution >= 0.6 is 0 Å². The number of sulfonamides is 1. The fourth-order valence-corrected chi connectivity index (χ4v) is 2.75. The van der Waals surface area contributed by atoms with Crippen LogP contribution in [0.3, 0.4) is 0 Å². The van der Waals surface area contributed by atoms with Crippen LogP contribution in [-0.2, 0) is 19.6 Å². The minimum absolute atomic E-state index is 0.282. The Morgan fingerprint density at radius 3 is 2.48 bits per heavy atom. The summed E-state index contributed by atoms with van der Waals surface area (Å²) in [5, 5.41) is 0.801. The summed E-state index contributed by atoms with van der Waals surface area (Å²) in [6.45, 7) is 5.09. The highest BCUT2D eigenvalue weighted by Gasteiger charge is 2.29. The second kappa shape index (κ2) is 6.84. The molecule has 1 amide bonds. The van der Waals surface area contributed by atoms with Gasteiger partial charge in [-0.1, -0.05) is 36.9 Å². The van der Waals surface area contributed by atoms with Gasteiger partial charge in [0.15, 0.2) is 0 Å². The van der Waals surface area contributed by atoms with Crippen LogP contribution in [0.2, 0.25) is 0 Å². The molecule has 1 fully saturated rings. The van der Waals surface area contributed by atoms with Crippen molar-refractivity contribution < 1.29 is 17.9 Å². The molecule has 1 saturated heterocycles. The van der Waals surface area contributed by atoms with Crippen LogP contribution in [0, 0.1) is 0 Å². The van der Waals surface area contributed by atoms with Crippen LogP contribution in [0.1, 0.15) is 11.6 Å². The van der Waals surface area contributed by atoms with E-state index in [0.717, 1.165) is 5.41 Å². The Kier molecular flexibility index (Phi) is 5.11. The van der Waals surface area contributed by atoms with E-state index >= 15 is 0 Å². The smallest absolute Gasteiger partial charge is 0.245 e. The molecule has 1 atom stereocenters. The summed E-state index contributed by atoms with van der Waals surface area (Å²) in [6.07, 6.45) is 0. The Bertz CT molecular complexity index is 595. The van der Waals surface area contributed by atoms with Crippen LogP contribution < -0.4 is 4.72 Å². The number of nitrogens with one attached hydrogen (secondary N) is 1. The number of benzene rings is 1. The average Bonchev–Trinajstić information content (AvgIpc) is 2.54. The summed E-state index contributed by atoms with van der Waals surface area (Å²) < 4.78 is 31.1. The lowest BCUT2D eigenvalue weighted by molar-refractivity contribution is -0.137. The molecule has 21 heavy (non-hydrogen) atoms. The molecular weight excluding hydrogens is 292 g/mol. The number of morpholine rings is 1. The normalized spacial score (nSPS) is 17.2. The number of hydrogen-bond acceptors (Lipinski definition) is 4. The van der Waals surface area contributed by atoms with E-state index in [9.17, 15) is 13.2 Å². The maximum Gasteiger partial charge on any atom is 0.245 e. The van der Waals surface area contributed by atoms with Gasteiger partial charge in [0.05, 0.1) is 13.2 Å². The van der Waals surface area contributed by atoms with E-state index in [4.69, 9.17) is 4.74 Å². The number of carbonyl (C=O) groups excluding carboxylic acids is 1. The lowest BCUT2D eigenvalue weighted by Gasteiger charge is -2.30. The van der Waals surface area contributed by atoms with Gasteiger partial charge in [-0.25, -0.2) is 8.42 Å². The summed E-state index contributed by atoms with van der Waals surface area (Å²) in [4.78, 5) is 14.2. The molecule has 6 nitrogen and oxygen atoms in total. The van der Waals surface area contributed by atoms with Crippen LogP contribution in [0.25, 0.3) is 0 Å². The highest BCUT2D eigenvalue weighted by Crippen LogP contribution is 2.18. The molecule has 2 rings (SSSR count). The second-order valence-electron chi connectivity index (χ2n) is 4.61. The van der Waals surface area contributed by atoms with E-state index in [0.29, 0.717) is 31.9 Å². The van der Waals surface area contributed by atoms with Gasteiger partial charge in [0.25, 0.3) is 0 Å². The van der Waals surface area contributed by atoms with E-state index in [1.807, 2.05) is 6.07 Å². The highest BCUT2D eigenvalue weighted by molar-refractivity contribution is 7.92. The number of hydrogen-bond donors (Lipinski definition) is 1. The third kappa shape index (κ3) is 4.13. The summed E-state index contributed by atoms with van der Waals surface area (Å²) in [7, 11) is -3.72. The van der Waals surface area contributed by atoms with Crippen LogP contribution in [0.4, 0.5) is 0 Å². The van der Waals surface area contributed by atoms with E-state index in [2.05, 4.69) is 11.3 Å². The first-order chi connectivity index (χ1) is 10.0. The van der Waals surface area contributed by atoms with Crippen LogP contribution in [-0.4, -0.2) is 45.5 Å². The lowest BCUT2D eigenvalue weighted by atomic mass is 10.1. The van der Waals surface area contributed by atoms with Crippen molar-refractivity contribution in [1.29, 1.82) is 0 Å². The fraction of sp³-hybridized carbons (Fsp3) is 0.357. The number of carbonyl (C=O) groups is 1. The average molecular weight is 310 g/mol. The van der Waals surface area contributed by atoms with Gasteiger partial charge in [-0.05, 0) is 5.56 Å². The zero-order chi connectivity index (χ0) is 15.3. The summed E-state index contributed by atoms with van der Waals surface area (Å²) in [5.74, 6) is -0.282. The van der Waals surface area contributed by atoms with Gasteiger partial charge in [-0.15, -0.1) is 0 Å². The minimum Gasteiger partial charge on any atom is -0.378 e. The predicted octanol–water partition coefficient (Wildman–Crippen LogP) is 0.649. The molecule has 0 bridgehead atoms. The van der Waals surface area contributed by atoms with Crippen molar-refractivity contribution in [3.8, 4) is 0 Å². The molecule has 0 aromatic heterocycles. The molecule has 0 saturated carbocycles. The molecule has 114 valence electrons. The zero-order valence-electron chi connectivity index (χ0n) is 11.6. The summed E-state index contributed by atoms with van der Waals surface area (Å²) in [6, 6.07) is 7.81.